The third kappa shape index (κ3) is 7.12. The van der Waals surface area contributed by atoms with Crippen LogP contribution in [0.2, 0.25) is 0 Å². The largest absolute Gasteiger partial charge is 0.494 e. The van der Waals surface area contributed by atoms with E-state index in [0.717, 1.165) is 13.6 Å². The van der Waals surface area contributed by atoms with E-state index >= 15 is 0 Å². The zero-order valence-electron chi connectivity index (χ0n) is 25.3. The van der Waals surface area contributed by atoms with Crippen LogP contribution in [0.1, 0.15) is 36.6 Å². The topological polar surface area (TPSA) is 81.9 Å². The molecule has 1 aliphatic heterocycles. The number of fused-ring (bicyclic) bond motifs is 1. The lowest BCUT2D eigenvalue weighted by Crippen LogP contribution is -2.40. The van der Waals surface area contributed by atoms with Crippen molar-refractivity contribution >= 4 is 67.5 Å². The van der Waals surface area contributed by atoms with Crippen LogP contribution in [0.15, 0.2) is 117 Å². The van der Waals surface area contributed by atoms with E-state index in [1.54, 1.807) is 47.9 Å². The zero-order chi connectivity index (χ0) is 33.1. The molecular weight excluding hydrogens is 796 g/mol. The summed E-state index contributed by atoms with van der Waals surface area (Å²) in [5.41, 5.74) is 3.00. The second kappa shape index (κ2) is 14.4. The normalized spacial score (nSPS) is 14.4. The molecule has 0 saturated heterocycles. The Kier molecular flexibility index (Phi) is 10.0. The monoisotopic (exact) mass is 823 g/mol. The van der Waals surface area contributed by atoms with Gasteiger partial charge in [0.1, 0.15) is 23.9 Å². The van der Waals surface area contributed by atoms with Crippen molar-refractivity contribution in [3.05, 3.63) is 153 Å². The fraction of sp³-hybridized carbons (Fsp3) is 0.139. The Morgan fingerprint density at radius 3 is 2.51 bits per heavy atom. The van der Waals surface area contributed by atoms with Crippen LogP contribution in [0, 0.1) is 9.39 Å². The number of thiazole rings is 1. The van der Waals surface area contributed by atoms with Gasteiger partial charge in [0.2, 0.25) is 0 Å². The van der Waals surface area contributed by atoms with Crippen LogP contribution in [0.5, 0.6) is 11.5 Å². The smallest absolute Gasteiger partial charge is 0.271 e. The minimum Gasteiger partial charge on any atom is -0.494 e. The van der Waals surface area contributed by atoms with Crippen molar-refractivity contribution in [1.29, 1.82) is 0 Å². The van der Waals surface area contributed by atoms with E-state index in [1.165, 1.54) is 17.4 Å². The maximum Gasteiger partial charge on any atom is 0.271 e. The molecule has 0 aliphatic carbocycles. The number of nitrogens with one attached hydrogen (secondary N) is 1. The van der Waals surface area contributed by atoms with Crippen LogP contribution in [-0.4, -0.2) is 17.1 Å². The number of benzene rings is 4. The predicted molar refractivity (Wildman–Crippen MR) is 194 cm³/mol. The zero-order valence-corrected chi connectivity index (χ0v) is 29.9. The fourth-order valence-corrected chi connectivity index (χ4v) is 8.05. The fourth-order valence-electron chi connectivity index (χ4n) is 5.31. The molecule has 5 aromatic rings. The number of aromatic nitrogens is 1. The first-order valence-electron chi connectivity index (χ1n) is 14.7. The molecule has 6 rings (SSSR count). The van der Waals surface area contributed by atoms with Crippen molar-refractivity contribution in [3.8, 4) is 11.5 Å². The number of anilines is 1. The van der Waals surface area contributed by atoms with E-state index in [4.69, 9.17) is 14.5 Å². The van der Waals surface area contributed by atoms with Crippen LogP contribution in [-0.2, 0) is 11.4 Å². The Morgan fingerprint density at radius 2 is 1.79 bits per heavy atom. The Balaban J connectivity index is 1.46. The highest BCUT2D eigenvalue weighted by molar-refractivity contribution is 14.1. The third-order valence-corrected chi connectivity index (χ3v) is 9.70. The Hall–Kier alpha value is -4.07. The van der Waals surface area contributed by atoms with Crippen LogP contribution < -0.4 is 29.7 Å². The molecule has 2 heterocycles. The SMILES string of the molecule is CCOc1ccc([C@@H]2C(C(=O)Nc3ccccc3)=C(C)N=c3s/c(=C\c4cc(Br)cc(I)c4OCc4ccccc4F)c(=O)n32)cc1. The second-order valence-corrected chi connectivity index (χ2v) is 13.7. The van der Waals surface area contributed by atoms with Gasteiger partial charge in [0.15, 0.2) is 4.80 Å². The molecule has 1 N–H and O–H groups in total. The molecule has 1 amide bonds. The average Bonchev–Trinajstić information content (AvgIpc) is 3.35. The number of allylic oxidation sites excluding steroid dienone is 1. The summed E-state index contributed by atoms with van der Waals surface area (Å²) in [5.74, 6) is 0.499. The van der Waals surface area contributed by atoms with Gasteiger partial charge >= 0.3 is 0 Å². The van der Waals surface area contributed by atoms with Gasteiger partial charge in [0.25, 0.3) is 11.5 Å². The van der Waals surface area contributed by atoms with E-state index in [-0.39, 0.29) is 23.9 Å². The number of hydrogen-bond acceptors (Lipinski definition) is 6. The van der Waals surface area contributed by atoms with Crippen LogP contribution >= 0.6 is 49.9 Å². The molecule has 0 spiro atoms. The second-order valence-electron chi connectivity index (χ2n) is 10.6. The first kappa shape index (κ1) is 32.9. The number of nitrogens with zero attached hydrogens (tertiary/aromatic N) is 2. The number of amides is 1. The van der Waals surface area contributed by atoms with E-state index in [1.807, 2.05) is 61.5 Å². The number of carbonyl (C=O) groups excluding carboxylic acids is 1. The molecule has 0 radical (unpaired) electrons. The van der Waals surface area contributed by atoms with Gasteiger partial charge in [-0.05, 0) is 90.5 Å². The summed E-state index contributed by atoms with van der Waals surface area (Å²) in [6.45, 7) is 4.22. The van der Waals surface area contributed by atoms with E-state index in [2.05, 4.69) is 43.8 Å². The molecule has 0 bridgehead atoms. The minimum atomic E-state index is -0.743. The van der Waals surface area contributed by atoms with Gasteiger partial charge in [0.05, 0.1) is 32.0 Å². The van der Waals surface area contributed by atoms with Gasteiger partial charge in [-0.25, -0.2) is 9.38 Å². The standard InChI is InChI=1S/C36H28BrFIN3O4S/c1-3-45-27-15-13-22(14-16-27)32-31(34(43)41-26-10-5-4-6-11-26)21(2)40-36-42(32)35(44)30(47-36)18-24-17-25(37)19-29(39)33(24)46-20-23-9-7-8-12-28(23)38/h4-19,32H,3,20H2,1-2H3,(H,41,43)/b30-18-/t32-/m1/s1. The molecule has 238 valence electrons. The van der Waals surface area contributed by atoms with Crippen molar-refractivity contribution in [1.82, 2.24) is 4.57 Å². The minimum absolute atomic E-state index is 0.0171. The van der Waals surface area contributed by atoms with E-state index in [0.29, 0.717) is 55.5 Å². The average molecular weight is 825 g/mol. The van der Waals surface area contributed by atoms with E-state index in [9.17, 15) is 14.0 Å². The summed E-state index contributed by atoms with van der Waals surface area (Å²) < 4.78 is 29.7. The number of para-hydroxylation sites is 1. The highest BCUT2D eigenvalue weighted by Crippen LogP contribution is 2.33. The van der Waals surface area contributed by atoms with Crippen molar-refractivity contribution < 1.29 is 18.7 Å². The number of ether oxygens (including phenoxy) is 2. The molecule has 11 heteroatoms. The lowest BCUT2D eigenvalue weighted by molar-refractivity contribution is -0.113. The summed E-state index contributed by atoms with van der Waals surface area (Å²) in [6, 6.07) is 26.0. The molecule has 4 aromatic carbocycles. The van der Waals surface area contributed by atoms with Crippen LogP contribution in [0.3, 0.4) is 0 Å². The number of hydrogen-bond donors (Lipinski definition) is 1. The summed E-state index contributed by atoms with van der Waals surface area (Å²) in [7, 11) is 0. The first-order chi connectivity index (χ1) is 22.7. The molecule has 1 atom stereocenters. The summed E-state index contributed by atoms with van der Waals surface area (Å²) in [4.78, 5) is 33.4. The highest BCUT2D eigenvalue weighted by Gasteiger charge is 2.32. The van der Waals surface area contributed by atoms with Gasteiger partial charge in [-0.15, -0.1) is 0 Å². The van der Waals surface area contributed by atoms with Gasteiger partial charge < -0.3 is 14.8 Å². The summed E-state index contributed by atoms with van der Waals surface area (Å²) in [5, 5.41) is 2.97. The van der Waals surface area contributed by atoms with Crippen molar-refractivity contribution in [2.45, 2.75) is 26.5 Å². The molecule has 7 nitrogen and oxygen atoms in total. The Labute approximate surface area is 296 Å². The van der Waals surface area contributed by atoms with E-state index < -0.39 is 6.04 Å². The Bertz CT molecular complexity index is 2180. The van der Waals surface area contributed by atoms with Crippen molar-refractivity contribution in [2.24, 2.45) is 4.99 Å². The molecule has 0 fully saturated rings. The lowest BCUT2D eigenvalue weighted by atomic mass is 9.95. The molecule has 1 aliphatic rings. The molecule has 1 aromatic heterocycles. The number of halogens is 3. The highest BCUT2D eigenvalue weighted by atomic mass is 127. The van der Waals surface area contributed by atoms with Gasteiger partial charge in [0, 0.05) is 21.3 Å². The van der Waals surface area contributed by atoms with Crippen LogP contribution in [0.4, 0.5) is 10.1 Å². The molecule has 0 unspecified atom stereocenters. The molecule has 47 heavy (non-hydrogen) atoms. The van der Waals surface area contributed by atoms with Gasteiger partial charge in [-0.3, -0.25) is 14.2 Å². The number of rotatable bonds is 9. The number of carbonyl (C=O) groups is 1. The lowest BCUT2D eigenvalue weighted by Gasteiger charge is -2.25. The maximum atomic E-state index is 14.4. The predicted octanol–water partition coefficient (Wildman–Crippen LogP) is 7.36. The Morgan fingerprint density at radius 1 is 1.06 bits per heavy atom. The van der Waals surface area contributed by atoms with Crippen LogP contribution in [0.25, 0.3) is 6.08 Å². The maximum absolute atomic E-state index is 14.4. The quantitative estimate of drug-likeness (QED) is 0.158. The summed E-state index contributed by atoms with van der Waals surface area (Å²) >= 11 is 6.95. The first-order valence-corrected chi connectivity index (χ1v) is 17.4. The van der Waals surface area contributed by atoms with Gasteiger partial charge in [-0.1, -0.05) is 75.8 Å². The van der Waals surface area contributed by atoms with Crippen molar-refractivity contribution in [3.63, 3.8) is 0 Å². The summed E-state index contributed by atoms with van der Waals surface area (Å²) in [6.07, 6.45) is 1.76. The van der Waals surface area contributed by atoms with Gasteiger partial charge in [-0.2, -0.15) is 0 Å². The molecular formula is C36H28BrFIN3O4S. The van der Waals surface area contributed by atoms with Crippen molar-refractivity contribution in [2.75, 3.05) is 11.9 Å². The molecule has 0 saturated carbocycles. The third-order valence-electron chi connectivity index (χ3n) is 7.46.